The lowest BCUT2D eigenvalue weighted by molar-refractivity contribution is 0.120. The van der Waals surface area contributed by atoms with Crippen molar-refractivity contribution < 1.29 is 46.8 Å². The molecular weight excluding hydrogens is 350 g/mol. The Kier molecular flexibility index (Phi) is 7.69. The molecule has 0 saturated heterocycles. The zero-order valence-electron chi connectivity index (χ0n) is 11.1. The summed E-state index contributed by atoms with van der Waals surface area (Å²) in [4.78, 5) is 35.5. The average Bonchev–Trinajstić information content (AvgIpc) is 2.22. The van der Waals surface area contributed by atoms with Gasteiger partial charge in [-0.25, -0.2) is 0 Å². The molecule has 0 atom stereocenters. The van der Waals surface area contributed by atoms with Crippen molar-refractivity contribution in [3.8, 4) is 0 Å². The summed E-state index contributed by atoms with van der Waals surface area (Å²) in [6.07, 6.45) is 0.476. The fourth-order valence-corrected chi connectivity index (χ4v) is 4.46. The van der Waals surface area contributed by atoms with Crippen LogP contribution in [0.3, 0.4) is 0 Å². The Morgan fingerprint density at radius 2 is 1.19 bits per heavy atom. The smallest absolute Gasteiger partial charge is 0.368 e. The molecule has 0 aliphatic carbocycles. The van der Waals surface area contributed by atoms with Crippen molar-refractivity contribution in [3.05, 3.63) is 0 Å². The summed E-state index contributed by atoms with van der Waals surface area (Å²) in [6.45, 7) is 0. The number of hydrogen-bond donors (Lipinski definition) is 6. The van der Waals surface area contributed by atoms with E-state index in [0.717, 1.165) is 0 Å². The maximum absolute atomic E-state index is 11.0. The van der Waals surface area contributed by atoms with E-state index in [9.17, 15) is 22.7 Å². The first-order valence-electron chi connectivity index (χ1n) is 5.99. The minimum absolute atomic E-state index is 0.0569. The van der Waals surface area contributed by atoms with E-state index in [1.54, 1.807) is 0 Å². The predicted octanol–water partition coefficient (Wildman–Crippen LogP) is 0.216. The van der Waals surface area contributed by atoms with Gasteiger partial charge in [-0.1, -0.05) is 19.3 Å². The van der Waals surface area contributed by atoms with Gasteiger partial charge in [0.25, 0.3) is 15.2 Å². The lowest BCUT2D eigenvalue weighted by Crippen LogP contribution is -2.28. The first kappa shape index (κ1) is 21.2. The maximum atomic E-state index is 11.0. The molecule has 0 amide bonds. The molecule has 0 fully saturated rings. The highest BCUT2D eigenvalue weighted by Gasteiger charge is 2.58. The standard InChI is InChI=1S/C8H20O10P2S/c9-8(19(10,11)12,20(13,14)15)6-4-2-1-3-5-7-21(16,17)18/h9H,1-7H2,(H2,10,11,12)(H2,13,14,15)(H,16,17,18). The first-order chi connectivity index (χ1) is 9.21. The van der Waals surface area contributed by atoms with Gasteiger partial charge in [-0.3, -0.25) is 13.7 Å². The van der Waals surface area contributed by atoms with Gasteiger partial charge in [-0.05, 0) is 19.3 Å². The van der Waals surface area contributed by atoms with Gasteiger partial charge < -0.3 is 24.7 Å². The molecule has 0 heterocycles. The van der Waals surface area contributed by atoms with E-state index in [0.29, 0.717) is 12.8 Å². The van der Waals surface area contributed by atoms with Gasteiger partial charge in [0.15, 0.2) is 0 Å². The number of aliphatic hydroxyl groups is 1. The van der Waals surface area contributed by atoms with Crippen molar-refractivity contribution in [1.82, 2.24) is 0 Å². The second-order valence-corrected chi connectivity index (χ2v) is 10.2. The Bertz CT molecular complexity index is 495. The Balaban J connectivity index is 4.26. The van der Waals surface area contributed by atoms with E-state index in [4.69, 9.17) is 24.1 Å². The minimum atomic E-state index is -5.41. The van der Waals surface area contributed by atoms with Gasteiger partial charge in [0.2, 0.25) is 0 Å². The molecule has 0 unspecified atom stereocenters. The van der Waals surface area contributed by atoms with Crippen LogP contribution in [0, 0.1) is 0 Å². The van der Waals surface area contributed by atoms with Crippen LogP contribution in [0.5, 0.6) is 0 Å². The molecule has 0 aliphatic rings. The normalized spacial score (nSPS) is 14.4. The van der Waals surface area contributed by atoms with Gasteiger partial charge >= 0.3 is 15.2 Å². The van der Waals surface area contributed by atoms with Crippen molar-refractivity contribution in [2.24, 2.45) is 0 Å². The fourth-order valence-electron chi connectivity index (χ4n) is 1.64. The van der Waals surface area contributed by atoms with Gasteiger partial charge in [-0.15, -0.1) is 0 Å². The summed E-state index contributed by atoms with van der Waals surface area (Å²) < 4.78 is 51.4. The molecule has 0 rings (SSSR count). The Morgan fingerprint density at radius 3 is 1.57 bits per heavy atom. The molecule has 6 N–H and O–H groups in total. The van der Waals surface area contributed by atoms with Crippen molar-refractivity contribution in [1.29, 1.82) is 0 Å². The summed E-state index contributed by atoms with van der Waals surface area (Å²) >= 11 is 0. The van der Waals surface area contributed by atoms with Crippen molar-refractivity contribution in [3.63, 3.8) is 0 Å². The van der Waals surface area contributed by atoms with Crippen LogP contribution in [0.4, 0.5) is 0 Å². The zero-order chi connectivity index (χ0) is 16.9. The molecule has 128 valence electrons. The van der Waals surface area contributed by atoms with Crippen LogP contribution in [0.25, 0.3) is 0 Å². The van der Waals surface area contributed by atoms with Crippen LogP contribution in [0.1, 0.15) is 38.5 Å². The SMILES string of the molecule is O=P(O)(O)C(O)(CCCCCCCS(=O)(=O)O)P(=O)(O)O. The van der Waals surface area contributed by atoms with Crippen molar-refractivity contribution in [2.75, 3.05) is 5.75 Å². The van der Waals surface area contributed by atoms with Crippen molar-refractivity contribution in [2.45, 2.75) is 43.6 Å². The quantitative estimate of drug-likeness (QED) is 0.176. The Morgan fingerprint density at radius 1 is 0.810 bits per heavy atom. The molecule has 0 aromatic rings. The van der Waals surface area contributed by atoms with Gasteiger partial charge in [0, 0.05) is 0 Å². The lowest BCUT2D eigenvalue weighted by Gasteiger charge is -2.29. The van der Waals surface area contributed by atoms with E-state index < -0.39 is 42.6 Å². The second kappa shape index (κ2) is 7.63. The summed E-state index contributed by atoms with van der Waals surface area (Å²) in [5.74, 6) is -0.401. The molecule has 0 spiro atoms. The van der Waals surface area contributed by atoms with E-state index in [2.05, 4.69) is 0 Å². The molecule has 21 heavy (non-hydrogen) atoms. The van der Waals surface area contributed by atoms with Crippen LogP contribution < -0.4 is 0 Å². The van der Waals surface area contributed by atoms with Gasteiger partial charge in [-0.2, -0.15) is 8.42 Å². The van der Waals surface area contributed by atoms with Gasteiger partial charge in [0.1, 0.15) is 0 Å². The van der Waals surface area contributed by atoms with Gasteiger partial charge in [0.05, 0.1) is 5.75 Å². The molecule has 0 radical (unpaired) electrons. The lowest BCUT2D eigenvalue weighted by atomic mass is 10.1. The van der Waals surface area contributed by atoms with E-state index in [1.165, 1.54) is 0 Å². The monoisotopic (exact) mass is 370 g/mol. The number of rotatable bonds is 10. The third-order valence-electron chi connectivity index (χ3n) is 2.85. The molecule has 13 heteroatoms. The summed E-state index contributed by atoms with van der Waals surface area (Å²) in [6, 6.07) is 0. The Labute approximate surface area is 122 Å². The predicted molar refractivity (Wildman–Crippen MR) is 73.2 cm³/mol. The molecule has 0 aromatic heterocycles. The second-order valence-electron chi connectivity index (χ2n) is 4.67. The van der Waals surface area contributed by atoms with E-state index >= 15 is 0 Å². The first-order valence-corrected chi connectivity index (χ1v) is 10.8. The zero-order valence-corrected chi connectivity index (χ0v) is 13.7. The van der Waals surface area contributed by atoms with E-state index in [-0.39, 0.29) is 19.3 Å². The molecule has 10 nitrogen and oxygen atoms in total. The topological polar surface area (TPSA) is 190 Å². The molecule has 0 aliphatic heterocycles. The average molecular weight is 370 g/mol. The number of unbranched alkanes of at least 4 members (excludes halogenated alkanes) is 4. The maximum Gasteiger partial charge on any atom is 0.369 e. The fraction of sp³-hybridized carbons (Fsp3) is 1.00. The third kappa shape index (κ3) is 7.32. The summed E-state index contributed by atoms with van der Waals surface area (Å²) in [5.41, 5.74) is 0. The summed E-state index contributed by atoms with van der Waals surface area (Å²) in [7, 11) is -14.9. The third-order valence-corrected chi connectivity index (χ3v) is 7.53. The summed E-state index contributed by atoms with van der Waals surface area (Å²) in [5, 5.41) is 6.16. The highest BCUT2D eigenvalue weighted by molar-refractivity contribution is 7.85. The number of hydrogen-bond acceptors (Lipinski definition) is 5. The molecule has 0 aromatic carbocycles. The van der Waals surface area contributed by atoms with Crippen LogP contribution in [0.15, 0.2) is 0 Å². The largest absolute Gasteiger partial charge is 0.369 e. The molecule has 0 saturated carbocycles. The van der Waals surface area contributed by atoms with Crippen LogP contribution in [-0.2, 0) is 19.2 Å². The van der Waals surface area contributed by atoms with Crippen LogP contribution in [0.2, 0.25) is 0 Å². The molecule has 0 bridgehead atoms. The highest BCUT2D eigenvalue weighted by Crippen LogP contribution is 2.69. The molecular formula is C8H20O10P2S. The Hall–Kier alpha value is 0.170. The van der Waals surface area contributed by atoms with E-state index in [1.807, 2.05) is 0 Å². The minimum Gasteiger partial charge on any atom is -0.368 e. The van der Waals surface area contributed by atoms with Crippen LogP contribution >= 0.6 is 15.2 Å². The van der Waals surface area contributed by atoms with Crippen molar-refractivity contribution >= 4 is 25.3 Å². The highest BCUT2D eigenvalue weighted by atomic mass is 32.2. The van der Waals surface area contributed by atoms with Crippen LogP contribution in [-0.4, -0.2) is 48.5 Å².